The molecular formula is C15H9BrN2O3S. The Labute approximate surface area is 137 Å². The number of non-ortho nitro benzene ring substituents is 1. The largest absolute Gasteiger partial charge is 0.321 e. The summed E-state index contributed by atoms with van der Waals surface area (Å²) >= 11 is 4.65. The van der Waals surface area contributed by atoms with Crippen LogP contribution in [0.5, 0.6) is 0 Å². The first-order valence-electron chi connectivity index (χ1n) is 6.28. The number of thiophene rings is 1. The van der Waals surface area contributed by atoms with Gasteiger partial charge in [0.2, 0.25) is 0 Å². The highest BCUT2D eigenvalue weighted by atomic mass is 79.9. The van der Waals surface area contributed by atoms with Gasteiger partial charge >= 0.3 is 0 Å². The molecule has 0 atom stereocenters. The number of nitrogens with zero attached hydrogens (tertiary/aromatic N) is 1. The maximum Gasteiger partial charge on any atom is 0.270 e. The second-order valence-electron chi connectivity index (χ2n) is 4.55. The molecule has 0 unspecified atom stereocenters. The Morgan fingerprint density at radius 2 is 2.00 bits per heavy atom. The molecule has 1 aromatic heterocycles. The van der Waals surface area contributed by atoms with Gasteiger partial charge < -0.3 is 5.32 Å². The zero-order valence-electron chi connectivity index (χ0n) is 11.1. The zero-order valence-corrected chi connectivity index (χ0v) is 13.5. The molecule has 0 spiro atoms. The van der Waals surface area contributed by atoms with Crippen LogP contribution in [0.1, 0.15) is 9.67 Å². The summed E-state index contributed by atoms with van der Waals surface area (Å²) in [5.74, 6) is -0.234. The molecule has 2 aromatic carbocycles. The van der Waals surface area contributed by atoms with E-state index < -0.39 is 4.92 Å². The van der Waals surface area contributed by atoms with Crippen molar-refractivity contribution in [1.29, 1.82) is 0 Å². The predicted octanol–water partition coefficient (Wildman–Crippen LogP) is 4.82. The molecule has 1 amide bonds. The van der Waals surface area contributed by atoms with Crippen LogP contribution in [-0.4, -0.2) is 10.8 Å². The van der Waals surface area contributed by atoms with E-state index in [4.69, 9.17) is 0 Å². The summed E-state index contributed by atoms with van der Waals surface area (Å²) in [6.07, 6.45) is 0. The van der Waals surface area contributed by atoms with Gasteiger partial charge in [0.1, 0.15) is 0 Å². The molecule has 5 nitrogen and oxygen atoms in total. The highest BCUT2D eigenvalue weighted by molar-refractivity contribution is 9.10. The summed E-state index contributed by atoms with van der Waals surface area (Å²) in [6.45, 7) is 0. The van der Waals surface area contributed by atoms with E-state index in [2.05, 4.69) is 21.2 Å². The molecule has 3 aromatic rings. The molecule has 0 bridgehead atoms. The monoisotopic (exact) mass is 376 g/mol. The molecule has 1 N–H and O–H groups in total. The number of rotatable bonds is 3. The van der Waals surface area contributed by atoms with Gasteiger partial charge in [-0.2, -0.15) is 0 Å². The molecule has 7 heteroatoms. The average molecular weight is 377 g/mol. The Balaban J connectivity index is 1.89. The molecule has 0 saturated carbocycles. The van der Waals surface area contributed by atoms with Crippen LogP contribution in [0.15, 0.2) is 53.0 Å². The van der Waals surface area contributed by atoms with E-state index in [1.165, 1.54) is 23.5 Å². The lowest BCUT2D eigenvalue weighted by Crippen LogP contribution is -2.09. The smallest absolute Gasteiger partial charge is 0.270 e. The topological polar surface area (TPSA) is 72.2 Å². The third-order valence-electron chi connectivity index (χ3n) is 3.02. The third kappa shape index (κ3) is 3.00. The number of hydrogen-bond acceptors (Lipinski definition) is 4. The minimum atomic E-state index is -0.446. The number of hydrogen-bond donors (Lipinski definition) is 1. The normalized spacial score (nSPS) is 10.6. The summed E-state index contributed by atoms with van der Waals surface area (Å²) in [5.41, 5.74) is 0.701. The molecule has 0 fully saturated rings. The standard InChI is InChI=1S/C15H9BrN2O3S/c16-10-2-1-3-11(8-10)17-15(19)14-7-9-6-12(18(20)21)4-5-13(9)22-14/h1-8H,(H,17,19). The molecule has 1 heterocycles. The van der Waals surface area contributed by atoms with Gasteiger partial charge in [-0.05, 0) is 30.3 Å². The first-order valence-corrected chi connectivity index (χ1v) is 7.89. The molecular weight excluding hydrogens is 368 g/mol. The second kappa shape index (κ2) is 5.86. The highest BCUT2D eigenvalue weighted by Crippen LogP contribution is 2.29. The van der Waals surface area contributed by atoms with Crippen LogP contribution >= 0.6 is 27.3 Å². The first-order chi connectivity index (χ1) is 10.5. The van der Waals surface area contributed by atoms with E-state index in [-0.39, 0.29) is 11.6 Å². The average Bonchev–Trinajstić information content (AvgIpc) is 2.90. The number of benzene rings is 2. The Bertz CT molecular complexity index is 891. The molecule has 0 aliphatic rings. The van der Waals surface area contributed by atoms with Crippen LogP contribution in [0.4, 0.5) is 11.4 Å². The number of nitro benzene ring substituents is 1. The van der Waals surface area contributed by atoms with Crippen LogP contribution in [0.25, 0.3) is 10.1 Å². The Hall–Kier alpha value is -2.25. The quantitative estimate of drug-likeness (QED) is 0.525. The fourth-order valence-corrected chi connectivity index (χ4v) is 3.35. The summed E-state index contributed by atoms with van der Waals surface area (Å²) in [5, 5.41) is 14.3. The number of amides is 1. The molecule has 0 saturated heterocycles. The SMILES string of the molecule is O=C(Nc1cccc(Br)c1)c1cc2cc([N+](=O)[O-])ccc2s1. The fourth-order valence-electron chi connectivity index (χ4n) is 2.02. The van der Waals surface area contributed by atoms with Crippen molar-refractivity contribution in [3.63, 3.8) is 0 Å². The third-order valence-corrected chi connectivity index (χ3v) is 4.63. The predicted molar refractivity (Wildman–Crippen MR) is 90.6 cm³/mol. The van der Waals surface area contributed by atoms with Gasteiger partial charge in [-0.1, -0.05) is 22.0 Å². The molecule has 0 aliphatic carbocycles. The number of fused-ring (bicyclic) bond motifs is 1. The Kier molecular flexibility index (Phi) is 3.91. The Morgan fingerprint density at radius 3 is 2.73 bits per heavy atom. The number of anilines is 1. The van der Waals surface area contributed by atoms with Crippen molar-refractivity contribution in [2.45, 2.75) is 0 Å². The minimum Gasteiger partial charge on any atom is -0.321 e. The number of carbonyl (C=O) groups is 1. The number of nitrogens with one attached hydrogen (secondary N) is 1. The van der Waals surface area contributed by atoms with Gasteiger partial charge in [-0.25, -0.2) is 0 Å². The number of nitro groups is 1. The van der Waals surface area contributed by atoms with Crippen LogP contribution < -0.4 is 5.32 Å². The highest BCUT2D eigenvalue weighted by Gasteiger charge is 2.13. The van der Waals surface area contributed by atoms with Crippen LogP contribution in [-0.2, 0) is 0 Å². The lowest BCUT2D eigenvalue weighted by molar-refractivity contribution is -0.384. The maximum atomic E-state index is 12.3. The van der Waals surface area contributed by atoms with Crippen molar-refractivity contribution in [3.05, 3.63) is 68.0 Å². The summed E-state index contributed by atoms with van der Waals surface area (Å²) in [6, 6.07) is 13.5. The van der Waals surface area contributed by atoms with Gasteiger partial charge in [0.05, 0.1) is 9.80 Å². The summed E-state index contributed by atoms with van der Waals surface area (Å²) < 4.78 is 1.71. The van der Waals surface area contributed by atoms with Crippen molar-refractivity contribution in [2.75, 3.05) is 5.32 Å². The van der Waals surface area contributed by atoms with Gasteiger partial charge in [0.15, 0.2) is 0 Å². The van der Waals surface area contributed by atoms with Crippen molar-refractivity contribution in [2.24, 2.45) is 0 Å². The van der Waals surface area contributed by atoms with E-state index in [1.807, 2.05) is 12.1 Å². The number of halogens is 1. The maximum absolute atomic E-state index is 12.3. The van der Waals surface area contributed by atoms with E-state index in [9.17, 15) is 14.9 Å². The number of carbonyl (C=O) groups excluding carboxylic acids is 1. The van der Waals surface area contributed by atoms with Gasteiger partial charge in [0, 0.05) is 32.4 Å². The molecule has 0 radical (unpaired) electrons. The van der Waals surface area contributed by atoms with Crippen molar-refractivity contribution >= 4 is 54.6 Å². The first kappa shape index (κ1) is 14.7. The van der Waals surface area contributed by atoms with Crippen molar-refractivity contribution in [3.8, 4) is 0 Å². The van der Waals surface area contributed by atoms with Crippen LogP contribution in [0.3, 0.4) is 0 Å². The van der Waals surface area contributed by atoms with E-state index >= 15 is 0 Å². The van der Waals surface area contributed by atoms with Gasteiger partial charge in [-0.3, -0.25) is 14.9 Å². The molecule has 110 valence electrons. The van der Waals surface area contributed by atoms with E-state index in [0.29, 0.717) is 16.0 Å². The second-order valence-corrected chi connectivity index (χ2v) is 6.55. The van der Waals surface area contributed by atoms with Crippen LogP contribution in [0, 0.1) is 10.1 Å². The van der Waals surface area contributed by atoms with E-state index in [1.54, 1.807) is 24.3 Å². The van der Waals surface area contributed by atoms with E-state index in [0.717, 1.165) is 9.17 Å². The molecule has 0 aliphatic heterocycles. The van der Waals surface area contributed by atoms with Gasteiger partial charge in [-0.15, -0.1) is 11.3 Å². The molecule has 3 rings (SSSR count). The van der Waals surface area contributed by atoms with Crippen molar-refractivity contribution < 1.29 is 9.72 Å². The Morgan fingerprint density at radius 1 is 1.18 bits per heavy atom. The summed E-state index contributed by atoms with van der Waals surface area (Å²) in [7, 11) is 0. The summed E-state index contributed by atoms with van der Waals surface area (Å²) in [4.78, 5) is 23.1. The zero-order chi connectivity index (χ0) is 15.7. The van der Waals surface area contributed by atoms with Crippen LogP contribution in [0.2, 0.25) is 0 Å². The lowest BCUT2D eigenvalue weighted by Gasteiger charge is -2.03. The fraction of sp³-hybridized carbons (Fsp3) is 0. The lowest BCUT2D eigenvalue weighted by atomic mass is 10.2. The minimum absolute atomic E-state index is 0.0178. The molecule has 22 heavy (non-hydrogen) atoms. The van der Waals surface area contributed by atoms with Crippen molar-refractivity contribution in [1.82, 2.24) is 0 Å². The van der Waals surface area contributed by atoms with Gasteiger partial charge in [0.25, 0.3) is 11.6 Å².